The Kier molecular flexibility index (Phi) is 4.32. The third-order valence-corrected chi connectivity index (χ3v) is 5.17. The van der Waals surface area contributed by atoms with Crippen molar-refractivity contribution in [1.82, 2.24) is 9.38 Å². The Labute approximate surface area is 129 Å². The van der Waals surface area contributed by atoms with Crippen LogP contribution in [0.2, 0.25) is 0 Å². The average Bonchev–Trinajstić information content (AvgIpc) is 3.15. The van der Waals surface area contributed by atoms with Crippen LogP contribution in [0.4, 0.5) is 5.69 Å². The quantitative estimate of drug-likeness (QED) is 0.861. The molecule has 1 N–H and O–H groups in total. The number of methoxy groups -OCH3 is 1. The molecule has 0 bridgehead atoms. The van der Waals surface area contributed by atoms with Gasteiger partial charge < -0.3 is 13.9 Å². The number of aromatic nitrogens is 2. The van der Waals surface area contributed by atoms with Gasteiger partial charge in [-0.1, -0.05) is 0 Å². The molecule has 22 heavy (non-hydrogen) atoms. The molecule has 0 amide bonds. The molecule has 7 nitrogen and oxygen atoms in total. The second-order valence-electron chi connectivity index (χ2n) is 5.42. The lowest BCUT2D eigenvalue weighted by atomic mass is 10.0. The maximum atomic E-state index is 12.3. The highest BCUT2D eigenvalue weighted by Gasteiger charge is 2.30. The summed E-state index contributed by atoms with van der Waals surface area (Å²) in [6.07, 6.45) is 5.49. The van der Waals surface area contributed by atoms with E-state index in [4.69, 9.17) is 9.47 Å². The second kappa shape index (κ2) is 6.23. The van der Waals surface area contributed by atoms with Gasteiger partial charge in [-0.25, -0.2) is 13.4 Å². The van der Waals surface area contributed by atoms with Gasteiger partial charge in [-0.2, -0.15) is 0 Å². The van der Waals surface area contributed by atoms with Crippen LogP contribution < -0.4 is 4.72 Å². The molecule has 1 fully saturated rings. The molecule has 0 aliphatic carbocycles. The molecule has 0 spiro atoms. The summed E-state index contributed by atoms with van der Waals surface area (Å²) in [7, 11) is -1.96. The fraction of sp³-hybridized carbons (Fsp3) is 0.500. The lowest BCUT2D eigenvalue weighted by molar-refractivity contribution is 0.0612. The van der Waals surface area contributed by atoms with E-state index in [0.29, 0.717) is 18.9 Å². The number of nitrogens with one attached hydrogen (secondary N) is 1. The average molecular weight is 325 g/mol. The molecule has 2 atom stereocenters. The molecule has 120 valence electrons. The number of nitrogens with zero attached hydrogens (tertiary/aromatic N) is 2. The standard InChI is InChI=1S/C14H19N3O4S/c1-20-14(11-4-5-21-8-11)9-22(18,19)16-12-2-3-13-6-15-10-17(13)7-12/h2-3,6-7,10-11,14,16H,4-5,8-9H2,1H3. The number of hydrogen-bond donors (Lipinski definition) is 1. The van der Waals surface area contributed by atoms with Gasteiger partial charge in [-0.05, 0) is 18.6 Å². The first-order valence-electron chi connectivity index (χ1n) is 7.10. The highest BCUT2D eigenvalue weighted by Crippen LogP contribution is 2.21. The molecule has 0 radical (unpaired) electrons. The van der Waals surface area contributed by atoms with Gasteiger partial charge in [-0.15, -0.1) is 0 Å². The van der Waals surface area contributed by atoms with E-state index in [0.717, 1.165) is 11.9 Å². The summed E-state index contributed by atoms with van der Waals surface area (Å²) < 4.78 is 39.7. The maximum absolute atomic E-state index is 12.3. The first-order chi connectivity index (χ1) is 10.6. The van der Waals surface area contributed by atoms with E-state index in [1.165, 1.54) is 7.11 Å². The molecule has 3 heterocycles. The zero-order valence-corrected chi connectivity index (χ0v) is 13.1. The summed E-state index contributed by atoms with van der Waals surface area (Å²) in [6.45, 7) is 1.21. The van der Waals surface area contributed by atoms with Crippen LogP contribution in [0.25, 0.3) is 5.52 Å². The minimum atomic E-state index is -3.50. The summed E-state index contributed by atoms with van der Waals surface area (Å²) in [5.41, 5.74) is 1.41. The van der Waals surface area contributed by atoms with E-state index in [1.807, 2.05) is 6.07 Å². The van der Waals surface area contributed by atoms with Crippen LogP contribution in [0.1, 0.15) is 6.42 Å². The van der Waals surface area contributed by atoms with Gasteiger partial charge in [0.2, 0.25) is 10.0 Å². The molecule has 1 aliphatic rings. The van der Waals surface area contributed by atoms with Crippen molar-refractivity contribution < 1.29 is 17.9 Å². The third-order valence-electron chi connectivity index (χ3n) is 3.86. The van der Waals surface area contributed by atoms with Crippen molar-refractivity contribution in [3.8, 4) is 0 Å². The van der Waals surface area contributed by atoms with E-state index in [9.17, 15) is 8.42 Å². The summed E-state index contributed by atoms with van der Waals surface area (Å²) in [5.74, 6) is 0.0390. The van der Waals surface area contributed by atoms with Crippen molar-refractivity contribution in [2.45, 2.75) is 12.5 Å². The number of sulfonamides is 1. The van der Waals surface area contributed by atoms with Gasteiger partial charge in [0.15, 0.2) is 0 Å². The zero-order valence-electron chi connectivity index (χ0n) is 12.3. The molecule has 0 saturated carbocycles. The van der Waals surface area contributed by atoms with E-state index < -0.39 is 10.0 Å². The fourth-order valence-corrected chi connectivity index (χ4v) is 4.06. The van der Waals surface area contributed by atoms with Crippen molar-refractivity contribution in [3.63, 3.8) is 0 Å². The van der Waals surface area contributed by atoms with Crippen LogP contribution in [0.15, 0.2) is 30.9 Å². The molecule has 1 saturated heterocycles. The maximum Gasteiger partial charge on any atom is 0.235 e. The van der Waals surface area contributed by atoms with Crippen LogP contribution in [0.3, 0.4) is 0 Å². The summed E-state index contributed by atoms with van der Waals surface area (Å²) >= 11 is 0. The van der Waals surface area contributed by atoms with Crippen LogP contribution in [-0.4, -0.2) is 50.0 Å². The second-order valence-corrected chi connectivity index (χ2v) is 7.19. The number of hydrogen-bond acceptors (Lipinski definition) is 5. The monoisotopic (exact) mass is 325 g/mol. The van der Waals surface area contributed by atoms with E-state index in [1.54, 1.807) is 29.2 Å². The number of anilines is 1. The normalized spacial score (nSPS) is 20.3. The SMILES string of the molecule is COC(CS(=O)(=O)Nc1ccc2cncn2c1)C1CCOC1. The van der Waals surface area contributed by atoms with Crippen molar-refractivity contribution in [1.29, 1.82) is 0 Å². The van der Waals surface area contributed by atoms with E-state index in [-0.39, 0.29) is 17.8 Å². The number of rotatable bonds is 6. The first kappa shape index (κ1) is 15.3. The van der Waals surface area contributed by atoms with Crippen LogP contribution in [0, 0.1) is 5.92 Å². The van der Waals surface area contributed by atoms with Gasteiger partial charge in [0.1, 0.15) is 0 Å². The van der Waals surface area contributed by atoms with Crippen molar-refractivity contribution in [2.24, 2.45) is 5.92 Å². The van der Waals surface area contributed by atoms with Crippen molar-refractivity contribution in [2.75, 3.05) is 30.8 Å². The minimum absolute atomic E-state index is 0.0838. The largest absolute Gasteiger partial charge is 0.381 e. The summed E-state index contributed by atoms with van der Waals surface area (Å²) in [6, 6.07) is 3.53. The summed E-state index contributed by atoms with van der Waals surface area (Å²) in [5, 5.41) is 0. The molecular formula is C14H19N3O4S. The molecule has 2 aromatic heterocycles. The Hall–Kier alpha value is -1.64. The molecule has 0 aromatic carbocycles. The fourth-order valence-electron chi connectivity index (χ4n) is 2.66. The first-order valence-corrected chi connectivity index (χ1v) is 8.75. The molecule has 8 heteroatoms. The Balaban J connectivity index is 1.71. The third kappa shape index (κ3) is 3.40. The Morgan fingerprint density at radius 1 is 1.55 bits per heavy atom. The topological polar surface area (TPSA) is 81.9 Å². The van der Waals surface area contributed by atoms with Gasteiger partial charge >= 0.3 is 0 Å². The minimum Gasteiger partial charge on any atom is -0.381 e. The molecular weight excluding hydrogens is 306 g/mol. The van der Waals surface area contributed by atoms with E-state index in [2.05, 4.69) is 9.71 Å². The lowest BCUT2D eigenvalue weighted by Crippen LogP contribution is -2.33. The van der Waals surface area contributed by atoms with Crippen molar-refractivity contribution >= 4 is 21.2 Å². The Morgan fingerprint density at radius 3 is 3.14 bits per heavy atom. The smallest absolute Gasteiger partial charge is 0.235 e. The van der Waals surface area contributed by atoms with Crippen LogP contribution in [-0.2, 0) is 19.5 Å². The van der Waals surface area contributed by atoms with E-state index >= 15 is 0 Å². The van der Waals surface area contributed by atoms with Gasteiger partial charge in [0.25, 0.3) is 0 Å². The lowest BCUT2D eigenvalue weighted by Gasteiger charge is -2.21. The predicted molar refractivity (Wildman–Crippen MR) is 82.3 cm³/mol. The molecule has 1 aliphatic heterocycles. The zero-order chi connectivity index (χ0) is 15.6. The molecule has 2 aromatic rings. The van der Waals surface area contributed by atoms with Gasteiger partial charge in [-0.3, -0.25) is 4.72 Å². The van der Waals surface area contributed by atoms with Crippen LogP contribution >= 0.6 is 0 Å². The Bertz CT molecular complexity index is 737. The van der Waals surface area contributed by atoms with Crippen molar-refractivity contribution in [3.05, 3.63) is 30.9 Å². The molecule has 3 rings (SSSR count). The summed E-state index contributed by atoms with van der Waals surface area (Å²) in [4.78, 5) is 4.00. The number of ether oxygens (including phenoxy) is 2. The number of imidazole rings is 1. The number of fused-ring (bicyclic) bond motifs is 1. The molecule has 2 unspecified atom stereocenters. The van der Waals surface area contributed by atoms with Gasteiger partial charge in [0, 0.05) is 25.8 Å². The number of pyridine rings is 1. The highest BCUT2D eigenvalue weighted by molar-refractivity contribution is 7.92. The van der Waals surface area contributed by atoms with Gasteiger partial charge in [0.05, 0.1) is 42.2 Å². The van der Waals surface area contributed by atoms with Crippen LogP contribution in [0.5, 0.6) is 0 Å². The Morgan fingerprint density at radius 2 is 2.41 bits per heavy atom. The highest BCUT2D eigenvalue weighted by atomic mass is 32.2. The predicted octanol–water partition coefficient (Wildman–Crippen LogP) is 1.13.